The lowest BCUT2D eigenvalue weighted by atomic mass is 10.1. The Labute approximate surface area is 110 Å². The molecule has 0 saturated carbocycles. The van der Waals surface area contributed by atoms with Crippen molar-refractivity contribution in [2.45, 2.75) is 24.9 Å². The van der Waals surface area contributed by atoms with Crippen molar-refractivity contribution in [3.05, 3.63) is 36.0 Å². The van der Waals surface area contributed by atoms with E-state index in [1.165, 1.54) is 0 Å². The molecule has 98 valence electrons. The Balaban J connectivity index is 1.96. The fourth-order valence-electron chi connectivity index (χ4n) is 2.53. The molecule has 3 atom stereocenters. The van der Waals surface area contributed by atoms with Gasteiger partial charge in [0, 0.05) is 18.0 Å². The van der Waals surface area contributed by atoms with E-state index in [1.54, 1.807) is 6.07 Å². The Kier molecular flexibility index (Phi) is 2.99. The largest absolute Gasteiger partial charge is 0.394 e. The van der Waals surface area contributed by atoms with Gasteiger partial charge in [-0.1, -0.05) is 0 Å². The molecule has 1 aromatic heterocycles. The van der Waals surface area contributed by atoms with Crippen LogP contribution in [0.3, 0.4) is 0 Å². The predicted molar refractivity (Wildman–Crippen MR) is 68.3 cm³/mol. The zero-order chi connectivity index (χ0) is 13.4. The molecule has 5 heteroatoms. The maximum atomic E-state index is 9.77. The van der Waals surface area contributed by atoms with Crippen LogP contribution in [0.1, 0.15) is 18.2 Å². The number of aromatic nitrogens is 1. The van der Waals surface area contributed by atoms with Crippen LogP contribution in [0.4, 0.5) is 0 Å². The van der Waals surface area contributed by atoms with E-state index in [2.05, 4.69) is 6.07 Å². The molecule has 0 unspecified atom stereocenters. The first-order valence-electron chi connectivity index (χ1n) is 6.18. The van der Waals surface area contributed by atoms with E-state index in [0.29, 0.717) is 12.0 Å². The third-order valence-corrected chi connectivity index (χ3v) is 3.54. The standard InChI is InChI=1S/C14H14N2O3/c15-7-9-1-2-11-10(5-9)3-4-16(11)14-6-12(18)13(8-17)19-14/h1-5,12-14,17-18H,6,8H2/t12-,13+,14+/m0/s1. The molecule has 1 aromatic carbocycles. The average molecular weight is 258 g/mol. The van der Waals surface area contributed by atoms with Gasteiger partial charge in [0.05, 0.1) is 29.9 Å². The molecule has 1 saturated heterocycles. The number of fused-ring (bicyclic) bond motifs is 1. The van der Waals surface area contributed by atoms with Crippen LogP contribution in [0.25, 0.3) is 10.9 Å². The number of nitrogens with zero attached hydrogens (tertiary/aromatic N) is 2. The minimum Gasteiger partial charge on any atom is -0.394 e. The van der Waals surface area contributed by atoms with Crippen molar-refractivity contribution in [3.8, 4) is 6.07 Å². The summed E-state index contributed by atoms with van der Waals surface area (Å²) in [6.07, 6.45) is 0.877. The predicted octanol–water partition coefficient (Wildman–Crippen LogP) is 1.15. The Morgan fingerprint density at radius 1 is 1.42 bits per heavy atom. The highest BCUT2D eigenvalue weighted by molar-refractivity contribution is 5.81. The summed E-state index contributed by atoms with van der Waals surface area (Å²) < 4.78 is 7.56. The number of hydrogen-bond donors (Lipinski definition) is 2. The molecule has 2 aromatic rings. The highest BCUT2D eigenvalue weighted by atomic mass is 16.5. The first-order valence-corrected chi connectivity index (χ1v) is 6.18. The summed E-state index contributed by atoms with van der Waals surface area (Å²) in [4.78, 5) is 0. The number of rotatable bonds is 2. The van der Waals surface area contributed by atoms with E-state index in [-0.39, 0.29) is 12.8 Å². The number of aliphatic hydroxyl groups excluding tert-OH is 2. The normalized spacial score (nSPS) is 26.7. The van der Waals surface area contributed by atoms with Crippen molar-refractivity contribution in [2.24, 2.45) is 0 Å². The van der Waals surface area contributed by atoms with Gasteiger partial charge in [0.1, 0.15) is 12.3 Å². The first-order chi connectivity index (χ1) is 9.22. The second-order valence-corrected chi connectivity index (χ2v) is 4.72. The molecule has 19 heavy (non-hydrogen) atoms. The van der Waals surface area contributed by atoms with Crippen LogP contribution < -0.4 is 0 Å². The van der Waals surface area contributed by atoms with Crippen molar-refractivity contribution in [3.63, 3.8) is 0 Å². The van der Waals surface area contributed by atoms with E-state index in [0.717, 1.165) is 10.9 Å². The summed E-state index contributed by atoms with van der Waals surface area (Å²) in [5.41, 5.74) is 1.57. The Morgan fingerprint density at radius 3 is 2.95 bits per heavy atom. The molecule has 0 spiro atoms. The molecule has 2 N–H and O–H groups in total. The topological polar surface area (TPSA) is 78.4 Å². The third-order valence-electron chi connectivity index (χ3n) is 3.54. The van der Waals surface area contributed by atoms with Crippen LogP contribution in [0.2, 0.25) is 0 Å². The maximum absolute atomic E-state index is 9.77. The lowest BCUT2D eigenvalue weighted by molar-refractivity contribution is -0.0428. The first kappa shape index (κ1) is 12.2. The molecule has 1 aliphatic heterocycles. The van der Waals surface area contributed by atoms with Gasteiger partial charge >= 0.3 is 0 Å². The van der Waals surface area contributed by atoms with Crippen molar-refractivity contribution in [1.82, 2.24) is 4.57 Å². The maximum Gasteiger partial charge on any atom is 0.137 e. The molecular weight excluding hydrogens is 244 g/mol. The van der Waals surface area contributed by atoms with E-state index in [9.17, 15) is 5.11 Å². The van der Waals surface area contributed by atoms with Crippen LogP contribution in [0.15, 0.2) is 30.5 Å². The van der Waals surface area contributed by atoms with Gasteiger partial charge in [0.25, 0.3) is 0 Å². The number of aliphatic hydroxyl groups is 2. The van der Waals surface area contributed by atoms with E-state index >= 15 is 0 Å². The highest BCUT2D eigenvalue weighted by Gasteiger charge is 2.34. The highest BCUT2D eigenvalue weighted by Crippen LogP contribution is 2.32. The van der Waals surface area contributed by atoms with Crippen molar-refractivity contribution in [1.29, 1.82) is 5.26 Å². The van der Waals surface area contributed by atoms with E-state index < -0.39 is 12.2 Å². The lowest BCUT2D eigenvalue weighted by Gasteiger charge is -2.15. The van der Waals surface area contributed by atoms with Gasteiger partial charge in [-0.25, -0.2) is 0 Å². The molecule has 0 amide bonds. The number of nitriles is 1. The summed E-state index contributed by atoms with van der Waals surface area (Å²) in [6, 6.07) is 9.47. The van der Waals surface area contributed by atoms with Gasteiger partial charge in [-0.2, -0.15) is 5.26 Å². The molecule has 1 fully saturated rings. The summed E-state index contributed by atoms with van der Waals surface area (Å²) in [6.45, 7) is -0.185. The van der Waals surface area contributed by atoms with Gasteiger partial charge in [-0.05, 0) is 24.3 Å². The van der Waals surface area contributed by atoms with Crippen LogP contribution in [-0.2, 0) is 4.74 Å². The van der Waals surface area contributed by atoms with Gasteiger partial charge in [-0.3, -0.25) is 0 Å². The minimum absolute atomic E-state index is 0.185. The zero-order valence-electron chi connectivity index (χ0n) is 10.2. The number of benzene rings is 1. The van der Waals surface area contributed by atoms with Crippen LogP contribution in [0.5, 0.6) is 0 Å². The van der Waals surface area contributed by atoms with Crippen LogP contribution in [0, 0.1) is 11.3 Å². The second kappa shape index (κ2) is 4.67. The van der Waals surface area contributed by atoms with Gasteiger partial charge < -0.3 is 19.5 Å². The Morgan fingerprint density at radius 2 is 2.26 bits per heavy atom. The van der Waals surface area contributed by atoms with Crippen molar-refractivity contribution < 1.29 is 14.9 Å². The number of ether oxygens (including phenoxy) is 1. The second-order valence-electron chi connectivity index (χ2n) is 4.72. The molecule has 0 bridgehead atoms. The van der Waals surface area contributed by atoms with Gasteiger partial charge in [0.15, 0.2) is 0 Å². The fourth-order valence-corrected chi connectivity index (χ4v) is 2.53. The van der Waals surface area contributed by atoms with E-state index in [1.807, 2.05) is 29.0 Å². The molecule has 5 nitrogen and oxygen atoms in total. The Bertz CT molecular complexity index is 644. The lowest BCUT2D eigenvalue weighted by Crippen LogP contribution is -2.24. The molecule has 0 radical (unpaired) electrons. The molecule has 3 rings (SSSR count). The average Bonchev–Trinajstić information content (AvgIpc) is 3.00. The molecule has 2 heterocycles. The fraction of sp³-hybridized carbons (Fsp3) is 0.357. The monoisotopic (exact) mass is 258 g/mol. The quantitative estimate of drug-likeness (QED) is 0.847. The minimum atomic E-state index is -0.647. The van der Waals surface area contributed by atoms with Gasteiger partial charge in [0.2, 0.25) is 0 Å². The van der Waals surface area contributed by atoms with E-state index in [4.69, 9.17) is 15.1 Å². The van der Waals surface area contributed by atoms with Crippen molar-refractivity contribution >= 4 is 10.9 Å². The van der Waals surface area contributed by atoms with Crippen LogP contribution in [-0.4, -0.2) is 33.6 Å². The summed E-state index contributed by atoms with van der Waals surface area (Å²) >= 11 is 0. The molecule has 1 aliphatic rings. The summed E-state index contributed by atoms with van der Waals surface area (Å²) in [5.74, 6) is 0. The summed E-state index contributed by atoms with van der Waals surface area (Å²) in [7, 11) is 0. The molecular formula is C14H14N2O3. The Hall–Kier alpha value is -1.87. The van der Waals surface area contributed by atoms with Gasteiger partial charge in [-0.15, -0.1) is 0 Å². The molecule has 0 aliphatic carbocycles. The van der Waals surface area contributed by atoms with Crippen LogP contribution >= 0.6 is 0 Å². The summed E-state index contributed by atoms with van der Waals surface area (Å²) in [5, 5.41) is 28.7. The zero-order valence-corrected chi connectivity index (χ0v) is 10.2. The third kappa shape index (κ3) is 2.00. The SMILES string of the molecule is N#Cc1ccc2c(ccn2[C@H]2C[C@H](O)[C@@H](CO)O2)c1. The van der Waals surface area contributed by atoms with Crippen molar-refractivity contribution in [2.75, 3.05) is 6.61 Å². The number of hydrogen-bond acceptors (Lipinski definition) is 4. The smallest absolute Gasteiger partial charge is 0.137 e.